The van der Waals surface area contributed by atoms with Crippen LogP contribution >= 0.6 is 0 Å². The number of carbonyl (C=O) groups is 2. The second-order valence-electron chi connectivity index (χ2n) is 3.62. The molecule has 0 amide bonds. The van der Waals surface area contributed by atoms with Crippen molar-refractivity contribution in [2.24, 2.45) is 0 Å². The molecule has 0 aliphatic heterocycles. The van der Waals surface area contributed by atoms with E-state index in [2.05, 4.69) is 5.32 Å². The lowest BCUT2D eigenvalue weighted by Crippen LogP contribution is -2.35. The summed E-state index contributed by atoms with van der Waals surface area (Å²) in [5, 5.41) is 11.3. The molecule has 2 N–H and O–H groups in total. The van der Waals surface area contributed by atoms with Crippen molar-refractivity contribution in [2.45, 2.75) is 39.2 Å². The van der Waals surface area contributed by atoms with Gasteiger partial charge in [-0.2, -0.15) is 0 Å². The summed E-state index contributed by atoms with van der Waals surface area (Å²) in [7, 11) is 1.68. The Balaban J connectivity index is 3.99. The fourth-order valence-corrected chi connectivity index (χ4v) is 1.21. The van der Waals surface area contributed by atoms with E-state index in [0.29, 0.717) is 12.8 Å². The highest BCUT2D eigenvalue weighted by Gasteiger charge is 2.18. The largest absolute Gasteiger partial charge is 0.481 e. The molecule has 0 unspecified atom stereocenters. The van der Waals surface area contributed by atoms with Gasteiger partial charge in [-0.25, -0.2) is 0 Å². The Hall–Kier alpha value is -0.900. The predicted molar refractivity (Wildman–Crippen MR) is 53.9 cm³/mol. The van der Waals surface area contributed by atoms with Gasteiger partial charge in [-0.05, 0) is 19.4 Å². The van der Waals surface area contributed by atoms with Gasteiger partial charge in [-0.1, -0.05) is 13.8 Å². The van der Waals surface area contributed by atoms with Gasteiger partial charge in [-0.3, -0.25) is 9.59 Å². The van der Waals surface area contributed by atoms with Crippen molar-refractivity contribution in [1.82, 2.24) is 5.32 Å². The van der Waals surface area contributed by atoms with Crippen LogP contribution in [0.4, 0.5) is 0 Å². The number of likely N-dealkylation sites (N-methyl/N-ethyl adjacent to an activating group) is 1. The average Bonchev–Trinajstić information content (AvgIpc) is 2.03. The highest BCUT2D eigenvalue weighted by Crippen LogP contribution is 2.08. The minimum Gasteiger partial charge on any atom is -0.481 e. The molecule has 0 aromatic rings. The maximum absolute atomic E-state index is 11.5. The fraction of sp³-hybridized carbons (Fsp3) is 0.700. The number of hydrogen-bond acceptors (Lipinski definition) is 3. The Bertz CT molecular complexity index is 202. The van der Waals surface area contributed by atoms with E-state index >= 15 is 0 Å². The first-order chi connectivity index (χ1) is 6.47. The van der Waals surface area contributed by atoms with Crippen molar-refractivity contribution < 1.29 is 14.7 Å². The van der Waals surface area contributed by atoms with E-state index in [0.717, 1.165) is 5.92 Å². The van der Waals surface area contributed by atoms with Gasteiger partial charge in [0.05, 0.1) is 6.04 Å². The summed E-state index contributed by atoms with van der Waals surface area (Å²) < 4.78 is 0. The van der Waals surface area contributed by atoms with Gasteiger partial charge in [0.2, 0.25) is 0 Å². The molecular weight excluding hydrogens is 182 g/mol. The van der Waals surface area contributed by atoms with Gasteiger partial charge in [0.25, 0.3) is 0 Å². The van der Waals surface area contributed by atoms with Crippen molar-refractivity contribution in [3.05, 3.63) is 5.92 Å². The quantitative estimate of drug-likeness (QED) is 0.643. The smallest absolute Gasteiger partial charge is 0.303 e. The van der Waals surface area contributed by atoms with Gasteiger partial charge in [-0.15, -0.1) is 0 Å². The average molecular weight is 200 g/mol. The van der Waals surface area contributed by atoms with Gasteiger partial charge in [0.1, 0.15) is 5.78 Å². The summed E-state index contributed by atoms with van der Waals surface area (Å²) >= 11 is 0. The lowest BCUT2D eigenvalue weighted by atomic mass is 9.99. The normalized spacial score (nSPS) is 12.9. The third-order valence-electron chi connectivity index (χ3n) is 1.91. The van der Waals surface area contributed by atoms with Crippen LogP contribution in [0.15, 0.2) is 0 Å². The Morgan fingerprint density at radius 1 is 1.36 bits per heavy atom. The maximum atomic E-state index is 11.5. The summed E-state index contributed by atoms with van der Waals surface area (Å²) in [6.45, 7) is 3.78. The molecule has 0 spiro atoms. The molecule has 0 saturated carbocycles. The highest BCUT2D eigenvalue weighted by molar-refractivity contribution is 5.85. The van der Waals surface area contributed by atoms with Gasteiger partial charge >= 0.3 is 5.97 Å². The Morgan fingerprint density at radius 3 is 2.29 bits per heavy atom. The summed E-state index contributed by atoms with van der Waals surface area (Å²) in [6.07, 6.45) is 0.809. The molecule has 1 atom stereocenters. The standard InChI is InChI=1S/C10H18NO3/c1-7(2)6-9(12)8(11-3)4-5-10(13)14/h8,11H,4-6H2,1-3H3,(H,13,14)/t8-/m0/s1. The van der Waals surface area contributed by atoms with E-state index < -0.39 is 5.97 Å². The van der Waals surface area contributed by atoms with E-state index in [1.807, 2.05) is 13.8 Å². The molecule has 0 heterocycles. The molecule has 0 aliphatic carbocycles. The molecule has 1 radical (unpaired) electrons. The number of Topliss-reactive ketones (excluding diaryl/α,β-unsaturated/α-hetero) is 1. The van der Waals surface area contributed by atoms with E-state index in [-0.39, 0.29) is 18.2 Å². The molecule has 0 aromatic heterocycles. The summed E-state index contributed by atoms with van der Waals surface area (Å²) in [4.78, 5) is 21.8. The van der Waals surface area contributed by atoms with Crippen molar-refractivity contribution in [2.75, 3.05) is 7.05 Å². The minimum atomic E-state index is -0.866. The number of carboxylic acids is 1. The topological polar surface area (TPSA) is 66.4 Å². The number of nitrogens with one attached hydrogen (secondary N) is 1. The minimum absolute atomic E-state index is 0.0278. The second kappa shape index (κ2) is 6.54. The van der Waals surface area contributed by atoms with Crippen LogP contribution in [0.2, 0.25) is 0 Å². The summed E-state index contributed by atoms with van der Waals surface area (Å²) in [6, 6.07) is -0.332. The fourth-order valence-electron chi connectivity index (χ4n) is 1.21. The van der Waals surface area contributed by atoms with Crippen LogP contribution < -0.4 is 5.32 Å². The molecule has 0 aliphatic rings. The van der Waals surface area contributed by atoms with Crippen LogP contribution in [0.25, 0.3) is 0 Å². The van der Waals surface area contributed by atoms with Crippen LogP contribution in [0.5, 0.6) is 0 Å². The Labute approximate surface area is 84.7 Å². The van der Waals surface area contributed by atoms with E-state index in [4.69, 9.17) is 5.11 Å². The van der Waals surface area contributed by atoms with Crippen LogP contribution in [-0.2, 0) is 9.59 Å². The first-order valence-electron chi connectivity index (χ1n) is 4.68. The van der Waals surface area contributed by atoms with Crippen LogP contribution in [0, 0.1) is 5.92 Å². The molecule has 0 aromatic carbocycles. The van der Waals surface area contributed by atoms with Gasteiger partial charge in [0, 0.05) is 12.8 Å². The van der Waals surface area contributed by atoms with Crippen LogP contribution in [0.3, 0.4) is 0 Å². The molecule has 0 rings (SSSR count). The van der Waals surface area contributed by atoms with Gasteiger partial charge < -0.3 is 10.4 Å². The Morgan fingerprint density at radius 2 is 1.93 bits per heavy atom. The zero-order valence-electron chi connectivity index (χ0n) is 8.96. The van der Waals surface area contributed by atoms with E-state index in [1.54, 1.807) is 7.05 Å². The van der Waals surface area contributed by atoms with E-state index in [9.17, 15) is 9.59 Å². The number of ketones is 1. The lowest BCUT2D eigenvalue weighted by molar-refractivity contribution is -0.137. The molecule has 0 saturated heterocycles. The highest BCUT2D eigenvalue weighted by atomic mass is 16.4. The predicted octanol–water partition coefficient (Wildman–Crippen LogP) is 1.01. The SMILES string of the molecule is CN[C@@H](CCC(=O)O)C(=O)C[C](C)C. The molecule has 4 nitrogen and oxygen atoms in total. The molecule has 4 heteroatoms. The number of carboxylic acid groups (broad SMARTS) is 1. The number of hydrogen-bond donors (Lipinski definition) is 2. The maximum Gasteiger partial charge on any atom is 0.303 e. The van der Waals surface area contributed by atoms with Crippen LogP contribution in [-0.4, -0.2) is 29.9 Å². The third-order valence-corrected chi connectivity index (χ3v) is 1.91. The summed E-state index contributed by atoms with van der Waals surface area (Å²) in [5.74, 6) is 0.245. The zero-order chi connectivity index (χ0) is 11.1. The second-order valence-corrected chi connectivity index (χ2v) is 3.62. The molecule has 0 bridgehead atoms. The van der Waals surface area contributed by atoms with Crippen LogP contribution in [0.1, 0.15) is 33.1 Å². The lowest BCUT2D eigenvalue weighted by Gasteiger charge is -2.14. The van der Waals surface area contributed by atoms with Crippen molar-refractivity contribution in [3.63, 3.8) is 0 Å². The molecule has 0 fully saturated rings. The molecule has 81 valence electrons. The zero-order valence-corrected chi connectivity index (χ0v) is 8.96. The first kappa shape index (κ1) is 13.1. The van der Waals surface area contributed by atoms with E-state index in [1.165, 1.54) is 0 Å². The number of carbonyl (C=O) groups excluding carboxylic acids is 1. The number of aliphatic carboxylic acids is 1. The molecule has 14 heavy (non-hydrogen) atoms. The van der Waals surface area contributed by atoms with Crippen molar-refractivity contribution >= 4 is 11.8 Å². The first-order valence-corrected chi connectivity index (χ1v) is 4.68. The third kappa shape index (κ3) is 5.70. The van der Waals surface area contributed by atoms with Gasteiger partial charge in [0.15, 0.2) is 0 Å². The summed E-state index contributed by atoms with van der Waals surface area (Å²) in [5.41, 5.74) is 0. The van der Waals surface area contributed by atoms with Crippen molar-refractivity contribution in [1.29, 1.82) is 0 Å². The number of rotatable bonds is 7. The molecular formula is C10H18NO3. The monoisotopic (exact) mass is 200 g/mol. The van der Waals surface area contributed by atoms with Crippen molar-refractivity contribution in [3.8, 4) is 0 Å². The Kier molecular flexibility index (Phi) is 6.12.